The lowest BCUT2D eigenvalue weighted by Crippen LogP contribution is -2.23. The third-order valence-electron chi connectivity index (χ3n) is 4.51. The fourth-order valence-electron chi connectivity index (χ4n) is 3.26. The molecule has 0 unspecified atom stereocenters. The summed E-state index contributed by atoms with van der Waals surface area (Å²) in [6.45, 7) is 1.12. The molecular formula is C16H23Cl2N. The molecule has 1 saturated carbocycles. The van der Waals surface area contributed by atoms with Crippen molar-refractivity contribution in [3.05, 3.63) is 33.8 Å². The first kappa shape index (κ1) is 15.2. The average Bonchev–Trinajstić information content (AvgIpc) is 2.85. The Morgan fingerprint density at radius 1 is 1.16 bits per heavy atom. The van der Waals surface area contributed by atoms with Gasteiger partial charge < -0.3 is 5.32 Å². The Kier molecular flexibility index (Phi) is 5.56. The zero-order valence-electron chi connectivity index (χ0n) is 11.6. The molecule has 1 aromatic rings. The van der Waals surface area contributed by atoms with Crippen molar-refractivity contribution >= 4 is 23.2 Å². The second-order valence-corrected chi connectivity index (χ2v) is 6.64. The summed E-state index contributed by atoms with van der Waals surface area (Å²) in [4.78, 5) is 0. The maximum Gasteiger partial charge on any atom is 0.0452 e. The third-order valence-corrected chi connectivity index (χ3v) is 5.10. The second-order valence-electron chi connectivity index (χ2n) is 5.80. The van der Waals surface area contributed by atoms with Gasteiger partial charge in [0.25, 0.3) is 0 Å². The molecule has 2 rings (SSSR count). The van der Waals surface area contributed by atoms with Gasteiger partial charge in [0.15, 0.2) is 0 Å². The van der Waals surface area contributed by atoms with E-state index in [2.05, 4.69) is 11.4 Å². The Bertz CT molecular complexity index is 411. The topological polar surface area (TPSA) is 12.0 Å². The first-order valence-corrected chi connectivity index (χ1v) is 7.99. The van der Waals surface area contributed by atoms with Gasteiger partial charge in [-0.05, 0) is 68.8 Å². The first-order valence-electron chi connectivity index (χ1n) is 7.24. The molecule has 0 spiro atoms. The van der Waals surface area contributed by atoms with E-state index >= 15 is 0 Å². The Balaban J connectivity index is 1.98. The maximum absolute atomic E-state index is 6.27. The summed E-state index contributed by atoms with van der Waals surface area (Å²) in [5.41, 5.74) is 1.77. The summed E-state index contributed by atoms with van der Waals surface area (Å²) in [6, 6.07) is 5.87. The summed E-state index contributed by atoms with van der Waals surface area (Å²) in [6.07, 6.45) is 9.13. The Labute approximate surface area is 126 Å². The minimum Gasteiger partial charge on any atom is -0.320 e. The highest BCUT2D eigenvalue weighted by Gasteiger charge is 2.32. The molecule has 0 atom stereocenters. The van der Waals surface area contributed by atoms with Crippen LogP contribution in [0.4, 0.5) is 0 Å². The molecule has 0 amide bonds. The second kappa shape index (κ2) is 6.97. The van der Waals surface area contributed by atoms with Crippen LogP contribution in [0.2, 0.25) is 10.0 Å². The molecule has 0 bridgehead atoms. The molecule has 1 aliphatic rings. The van der Waals surface area contributed by atoms with Gasteiger partial charge in [0.05, 0.1) is 0 Å². The summed E-state index contributed by atoms with van der Waals surface area (Å²) >= 11 is 12.2. The zero-order chi connectivity index (χ0) is 13.7. The molecule has 1 N–H and O–H groups in total. The van der Waals surface area contributed by atoms with Crippen LogP contribution in [-0.4, -0.2) is 13.6 Å². The number of hydrogen-bond donors (Lipinski definition) is 1. The van der Waals surface area contributed by atoms with E-state index in [-0.39, 0.29) is 0 Å². The molecule has 0 heterocycles. The summed E-state index contributed by atoms with van der Waals surface area (Å²) < 4.78 is 0. The quantitative estimate of drug-likeness (QED) is 0.771. The van der Waals surface area contributed by atoms with Gasteiger partial charge in [-0.25, -0.2) is 0 Å². The van der Waals surface area contributed by atoms with Crippen LogP contribution in [0.1, 0.15) is 44.1 Å². The van der Waals surface area contributed by atoms with E-state index in [0.717, 1.165) is 23.0 Å². The fraction of sp³-hybridized carbons (Fsp3) is 0.625. The van der Waals surface area contributed by atoms with Crippen molar-refractivity contribution in [1.29, 1.82) is 0 Å². The molecule has 19 heavy (non-hydrogen) atoms. The van der Waals surface area contributed by atoms with Crippen LogP contribution in [0.15, 0.2) is 18.2 Å². The van der Waals surface area contributed by atoms with E-state index in [1.165, 1.54) is 44.1 Å². The number of halogens is 2. The van der Waals surface area contributed by atoms with E-state index in [4.69, 9.17) is 23.2 Å². The van der Waals surface area contributed by atoms with Crippen molar-refractivity contribution in [2.45, 2.75) is 44.9 Å². The van der Waals surface area contributed by atoms with Crippen molar-refractivity contribution in [3.63, 3.8) is 0 Å². The maximum atomic E-state index is 6.27. The molecule has 3 heteroatoms. The van der Waals surface area contributed by atoms with E-state index in [1.807, 2.05) is 19.2 Å². The third kappa shape index (κ3) is 4.11. The predicted molar refractivity (Wildman–Crippen MR) is 84.2 cm³/mol. The van der Waals surface area contributed by atoms with Gasteiger partial charge in [-0.2, -0.15) is 0 Å². The first-order chi connectivity index (χ1) is 9.15. The highest BCUT2D eigenvalue weighted by atomic mass is 35.5. The smallest absolute Gasteiger partial charge is 0.0452 e. The van der Waals surface area contributed by atoms with Crippen molar-refractivity contribution < 1.29 is 0 Å². The number of benzene rings is 1. The highest BCUT2D eigenvalue weighted by Crippen LogP contribution is 2.44. The van der Waals surface area contributed by atoms with Crippen molar-refractivity contribution in [2.75, 3.05) is 13.6 Å². The van der Waals surface area contributed by atoms with E-state index in [0.29, 0.717) is 5.41 Å². The minimum absolute atomic E-state index is 0.534. The van der Waals surface area contributed by atoms with Crippen LogP contribution >= 0.6 is 23.2 Å². The number of aryl methyl sites for hydroxylation is 1. The molecule has 1 nitrogen and oxygen atoms in total. The molecule has 0 aliphatic heterocycles. The van der Waals surface area contributed by atoms with Gasteiger partial charge >= 0.3 is 0 Å². The molecule has 0 aromatic heterocycles. The summed E-state index contributed by atoms with van der Waals surface area (Å²) in [5, 5.41) is 4.83. The summed E-state index contributed by atoms with van der Waals surface area (Å²) in [5.74, 6) is 0. The van der Waals surface area contributed by atoms with E-state index in [9.17, 15) is 0 Å². The fourth-order valence-corrected chi connectivity index (χ4v) is 3.77. The highest BCUT2D eigenvalue weighted by molar-refractivity contribution is 6.35. The van der Waals surface area contributed by atoms with Crippen LogP contribution < -0.4 is 5.32 Å². The van der Waals surface area contributed by atoms with Crippen LogP contribution in [0.3, 0.4) is 0 Å². The van der Waals surface area contributed by atoms with Gasteiger partial charge in [0.2, 0.25) is 0 Å². The number of hydrogen-bond acceptors (Lipinski definition) is 1. The van der Waals surface area contributed by atoms with Crippen LogP contribution in [-0.2, 0) is 6.42 Å². The lowest BCUT2D eigenvalue weighted by molar-refractivity contribution is 0.247. The Hall–Kier alpha value is -0.240. The van der Waals surface area contributed by atoms with Gasteiger partial charge in [-0.1, -0.05) is 42.1 Å². The average molecular weight is 300 g/mol. The number of rotatable bonds is 6. The lowest BCUT2D eigenvalue weighted by Gasteiger charge is -2.29. The Morgan fingerprint density at radius 3 is 2.53 bits per heavy atom. The Morgan fingerprint density at radius 2 is 1.89 bits per heavy atom. The van der Waals surface area contributed by atoms with Crippen LogP contribution in [0.25, 0.3) is 0 Å². The molecular weight excluding hydrogens is 277 g/mol. The van der Waals surface area contributed by atoms with Crippen molar-refractivity contribution in [1.82, 2.24) is 5.32 Å². The predicted octanol–water partition coefficient (Wildman–Crippen LogP) is 5.10. The molecule has 1 aromatic carbocycles. The van der Waals surface area contributed by atoms with Crippen molar-refractivity contribution in [3.8, 4) is 0 Å². The van der Waals surface area contributed by atoms with E-state index in [1.54, 1.807) is 0 Å². The van der Waals surface area contributed by atoms with Crippen LogP contribution in [0.5, 0.6) is 0 Å². The van der Waals surface area contributed by atoms with Gasteiger partial charge in [-0.15, -0.1) is 0 Å². The molecule has 1 aliphatic carbocycles. The van der Waals surface area contributed by atoms with Gasteiger partial charge in [0, 0.05) is 10.0 Å². The van der Waals surface area contributed by atoms with Crippen LogP contribution in [0, 0.1) is 5.41 Å². The monoisotopic (exact) mass is 299 g/mol. The van der Waals surface area contributed by atoms with E-state index < -0.39 is 0 Å². The zero-order valence-corrected chi connectivity index (χ0v) is 13.2. The summed E-state index contributed by atoms with van der Waals surface area (Å²) in [7, 11) is 2.04. The number of nitrogens with one attached hydrogen (secondary N) is 1. The normalized spacial score (nSPS) is 17.8. The molecule has 0 radical (unpaired) electrons. The molecule has 106 valence electrons. The standard InChI is InChI=1S/C16H23Cl2N/c1-19-11-10-16(7-2-3-8-16)9-6-13-4-5-14(17)12-15(13)18/h4-5,12,19H,2-3,6-11H2,1H3. The minimum atomic E-state index is 0.534. The van der Waals surface area contributed by atoms with Gasteiger partial charge in [0.1, 0.15) is 0 Å². The van der Waals surface area contributed by atoms with Crippen molar-refractivity contribution in [2.24, 2.45) is 5.41 Å². The van der Waals surface area contributed by atoms with Gasteiger partial charge in [-0.3, -0.25) is 0 Å². The molecule has 1 fully saturated rings. The largest absolute Gasteiger partial charge is 0.320 e. The lowest BCUT2D eigenvalue weighted by atomic mass is 9.77. The molecule has 0 saturated heterocycles. The SMILES string of the molecule is CNCCC1(CCc2ccc(Cl)cc2Cl)CCCC1.